The van der Waals surface area contributed by atoms with Gasteiger partial charge in [-0.3, -0.25) is 11.3 Å². The summed E-state index contributed by atoms with van der Waals surface area (Å²) in [6.45, 7) is 8.62. The summed E-state index contributed by atoms with van der Waals surface area (Å²) in [6.07, 6.45) is 4.56. The van der Waals surface area contributed by atoms with Crippen molar-refractivity contribution in [2.75, 3.05) is 0 Å². The lowest BCUT2D eigenvalue weighted by molar-refractivity contribution is 0.387. The Kier molecular flexibility index (Phi) is 6.03. The average molecular weight is 170 g/mol. The van der Waals surface area contributed by atoms with E-state index in [-0.39, 0.29) is 0 Å². The van der Waals surface area contributed by atoms with Gasteiger partial charge in [0.15, 0.2) is 0 Å². The van der Waals surface area contributed by atoms with Crippen LogP contribution in [0, 0.1) is 5.92 Å². The van der Waals surface area contributed by atoms with Crippen molar-refractivity contribution in [3.8, 4) is 0 Å². The van der Waals surface area contributed by atoms with Gasteiger partial charge in [0, 0.05) is 6.04 Å². The topological polar surface area (TPSA) is 38.0 Å². The van der Waals surface area contributed by atoms with Crippen LogP contribution in [0.25, 0.3) is 0 Å². The second kappa shape index (κ2) is 6.21. The van der Waals surface area contributed by atoms with Gasteiger partial charge < -0.3 is 0 Å². The molecule has 0 radical (unpaired) electrons. The largest absolute Gasteiger partial charge is 0.271 e. The van der Waals surface area contributed by atoms with E-state index >= 15 is 0 Å². The van der Waals surface area contributed by atoms with E-state index < -0.39 is 0 Å². The number of allylic oxidation sites excluding steroid dienone is 1. The summed E-state index contributed by atoms with van der Waals surface area (Å²) in [5.41, 5.74) is 4.18. The van der Waals surface area contributed by atoms with Crippen molar-refractivity contribution < 1.29 is 0 Å². The van der Waals surface area contributed by atoms with Crippen molar-refractivity contribution >= 4 is 0 Å². The fourth-order valence-corrected chi connectivity index (χ4v) is 1.48. The number of hydrazine groups is 1. The van der Waals surface area contributed by atoms with E-state index in [0.29, 0.717) is 12.0 Å². The van der Waals surface area contributed by atoms with Gasteiger partial charge in [-0.2, -0.15) is 0 Å². The molecule has 1 unspecified atom stereocenters. The molecule has 0 saturated carbocycles. The zero-order valence-corrected chi connectivity index (χ0v) is 8.72. The quantitative estimate of drug-likeness (QED) is 0.377. The van der Waals surface area contributed by atoms with Crippen LogP contribution >= 0.6 is 0 Å². The Labute approximate surface area is 76.2 Å². The summed E-state index contributed by atoms with van der Waals surface area (Å²) in [5, 5.41) is 0. The summed E-state index contributed by atoms with van der Waals surface area (Å²) >= 11 is 0. The first-order valence-electron chi connectivity index (χ1n) is 4.76. The summed E-state index contributed by atoms with van der Waals surface area (Å²) in [5.74, 6) is 6.14. The third-order valence-electron chi connectivity index (χ3n) is 2.26. The third kappa shape index (κ3) is 3.88. The standard InChI is InChI=1S/C10H22N2/c1-5-9(6-2)10(12-11)7-8(3)4/h7,9-10,12H,5-6,11H2,1-4H3. The molecule has 0 rings (SSSR count). The van der Waals surface area contributed by atoms with Crippen molar-refractivity contribution in [3.63, 3.8) is 0 Å². The summed E-state index contributed by atoms with van der Waals surface area (Å²) in [6, 6.07) is 0.338. The maximum atomic E-state index is 5.48. The molecule has 0 aliphatic heterocycles. The molecule has 2 heteroatoms. The number of rotatable bonds is 5. The molecule has 0 aromatic carbocycles. The van der Waals surface area contributed by atoms with Crippen LogP contribution in [0.3, 0.4) is 0 Å². The van der Waals surface area contributed by atoms with Crippen LogP contribution in [0.15, 0.2) is 11.6 Å². The second-order valence-corrected chi connectivity index (χ2v) is 3.51. The van der Waals surface area contributed by atoms with Gasteiger partial charge >= 0.3 is 0 Å². The first kappa shape index (κ1) is 11.7. The van der Waals surface area contributed by atoms with E-state index in [0.717, 1.165) is 0 Å². The fourth-order valence-electron chi connectivity index (χ4n) is 1.48. The van der Waals surface area contributed by atoms with Gasteiger partial charge in [-0.15, -0.1) is 0 Å². The van der Waals surface area contributed by atoms with Gasteiger partial charge in [0.25, 0.3) is 0 Å². The molecule has 0 aliphatic carbocycles. The fraction of sp³-hybridized carbons (Fsp3) is 0.800. The van der Waals surface area contributed by atoms with Crippen LogP contribution in [0.4, 0.5) is 0 Å². The van der Waals surface area contributed by atoms with Crippen molar-refractivity contribution in [3.05, 3.63) is 11.6 Å². The molecule has 3 N–H and O–H groups in total. The Bertz CT molecular complexity index is 133. The highest BCUT2D eigenvalue weighted by molar-refractivity contribution is 5.02. The second-order valence-electron chi connectivity index (χ2n) is 3.51. The third-order valence-corrected chi connectivity index (χ3v) is 2.26. The van der Waals surface area contributed by atoms with Crippen LogP contribution in [-0.4, -0.2) is 6.04 Å². The van der Waals surface area contributed by atoms with Crippen molar-refractivity contribution in [1.82, 2.24) is 5.43 Å². The maximum absolute atomic E-state index is 5.48. The van der Waals surface area contributed by atoms with Gasteiger partial charge in [0.05, 0.1) is 0 Å². The van der Waals surface area contributed by atoms with Gasteiger partial charge in [0.2, 0.25) is 0 Å². The Morgan fingerprint density at radius 3 is 2.08 bits per heavy atom. The number of hydrogen-bond donors (Lipinski definition) is 2. The molecule has 72 valence electrons. The minimum Gasteiger partial charge on any atom is -0.271 e. The van der Waals surface area contributed by atoms with Crippen LogP contribution in [0.2, 0.25) is 0 Å². The van der Waals surface area contributed by atoms with E-state index in [2.05, 4.69) is 39.2 Å². The minimum atomic E-state index is 0.338. The van der Waals surface area contributed by atoms with Gasteiger partial charge in [0.1, 0.15) is 0 Å². The normalized spacial score (nSPS) is 13.2. The molecule has 2 nitrogen and oxygen atoms in total. The molecule has 0 aromatic heterocycles. The average Bonchev–Trinajstić information content (AvgIpc) is 2.04. The Hall–Kier alpha value is -0.340. The van der Waals surface area contributed by atoms with Crippen molar-refractivity contribution in [2.45, 2.75) is 46.6 Å². The van der Waals surface area contributed by atoms with E-state index in [1.165, 1.54) is 18.4 Å². The number of nitrogens with two attached hydrogens (primary N) is 1. The molecular formula is C10H22N2. The van der Waals surface area contributed by atoms with Crippen LogP contribution in [0.1, 0.15) is 40.5 Å². The highest BCUT2D eigenvalue weighted by Gasteiger charge is 2.13. The van der Waals surface area contributed by atoms with Crippen LogP contribution in [0.5, 0.6) is 0 Å². The zero-order valence-electron chi connectivity index (χ0n) is 8.72. The van der Waals surface area contributed by atoms with Gasteiger partial charge in [-0.05, 0) is 19.8 Å². The smallest absolute Gasteiger partial charge is 0.0420 e. The summed E-state index contributed by atoms with van der Waals surface area (Å²) in [4.78, 5) is 0. The molecule has 0 spiro atoms. The molecule has 12 heavy (non-hydrogen) atoms. The molecule has 0 bridgehead atoms. The van der Waals surface area contributed by atoms with Gasteiger partial charge in [-0.25, -0.2) is 0 Å². The zero-order chi connectivity index (χ0) is 9.56. The van der Waals surface area contributed by atoms with Crippen LogP contribution < -0.4 is 11.3 Å². The Morgan fingerprint density at radius 1 is 1.33 bits per heavy atom. The molecule has 0 amide bonds. The van der Waals surface area contributed by atoms with Crippen LogP contribution in [-0.2, 0) is 0 Å². The SMILES string of the molecule is CCC(CC)C(C=C(C)C)NN. The summed E-state index contributed by atoms with van der Waals surface area (Å²) in [7, 11) is 0. The minimum absolute atomic E-state index is 0.338. The molecule has 0 saturated heterocycles. The first-order valence-corrected chi connectivity index (χ1v) is 4.76. The van der Waals surface area contributed by atoms with Crippen molar-refractivity contribution in [1.29, 1.82) is 0 Å². The predicted octanol–water partition coefficient (Wildman–Crippen LogP) is 2.22. The van der Waals surface area contributed by atoms with E-state index in [4.69, 9.17) is 5.84 Å². The lowest BCUT2D eigenvalue weighted by Gasteiger charge is -2.21. The first-order chi connectivity index (χ1) is 5.65. The van der Waals surface area contributed by atoms with Gasteiger partial charge in [-0.1, -0.05) is 38.3 Å². The molecule has 0 aliphatic rings. The molecular weight excluding hydrogens is 148 g/mol. The molecule has 0 aromatic rings. The summed E-state index contributed by atoms with van der Waals surface area (Å²) < 4.78 is 0. The van der Waals surface area contributed by atoms with Crippen molar-refractivity contribution in [2.24, 2.45) is 11.8 Å². The van der Waals surface area contributed by atoms with E-state index in [1.807, 2.05) is 0 Å². The highest BCUT2D eigenvalue weighted by atomic mass is 15.2. The molecule has 0 fully saturated rings. The highest BCUT2D eigenvalue weighted by Crippen LogP contribution is 2.14. The Morgan fingerprint density at radius 2 is 1.83 bits per heavy atom. The number of nitrogens with one attached hydrogen (secondary N) is 1. The lowest BCUT2D eigenvalue weighted by Crippen LogP contribution is -2.39. The maximum Gasteiger partial charge on any atom is 0.0420 e. The van der Waals surface area contributed by atoms with E-state index in [1.54, 1.807) is 0 Å². The lowest BCUT2D eigenvalue weighted by atomic mass is 9.93. The molecule has 0 heterocycles. The molecule has 1 atom stereocenters. The predicted molar refractivity (Wildman–Crippen MR) is 54.6 cm³/mol. The number of hydrogen-bond acceptors (Lipinski definition) is 2. The van der Waals surface area contributed by atoms with E-state index in [9.17, 15) is 0 Å². The Balaban J connectivity index is 4.21. The monoisotopic (exact) mass is 170 g/mol.